The molecule has 1 unspecified atom stereocenters. The second kappa shape index (κ2) is 15.4. The van der Waals surface area contributed by atoms with E-state index in [-0.39, 0.29) is 10.8 Å². The van der Waals surface area contributed by atoms with Crippen LogP contribution in [0.1, 0.15) is 114 Å². The van der Waals surface area contributed by atoms with Crippen LogP contribution in [0.5, 0.6) is 0 Å². The summed E-state index contributed by atoms with van der Waals surface area (Å²) in [4.78, 5) is 0. The van der Waals surface area contributed by atoms with Crippen molar-refractivity contribution in [3.63, 3.8) is 0 Å². The van der Waals surface area contributed by atoms with Gasteiger partial charge in [-0.2, -0.15) is 17.2 Å². The van der Waals surface area contributed by atoms with E-state index in [9.17, 15) is 0 Å². The Morgan fingerprint density at radius 1 is 0.712 bits per heavy atom. The summed E-state index contributed by atoms with van der Waals surface area (Å²) in [5, 5.41) is 1.57. The van der Waals surface area contributed by atoms with E-state index < -0.39 is 22.3 Å². The molecule has 4 aliphatic rings. The summed E-state index contributed by atoms with van der Waals surface area (Å²) in [7, 11) is 0. The van der Waals surface area contributed by atoms with E-state index in [2.05, 4.69) is 149 Å². The molecule has 0 amide bonds. The van der Waals surface area contributed by atoms with Crippen molar-refractivity contribution < 1.29 is 22.3 Å². The molecule has 4 aliphatic carbocycles. The van der Waals surface area contributed by atoms with Crippen molar-refractivity contribution in [3.8, 4) is 11.1 Å². The SMILES string of the molecule is CC1=[C-]C(C)(C)c2cc3c(cc21)-c1cc2c(cc1C3)C(C)(C)C=C2C.CC1=[C-]C(C)C=C1C(C)C.Clc1ccc([CH]=[Zr]=[CH]c2ccc(Cl)cc2)cc1. The molecule has 266 valence electrons. The molecular formula is C49H50Cl2Zr-2. The molecule has 3 heteroatoms. The number of allylic oxidation sites excluding steroid dienone is 8. The van der Waals surface area contributed by atoms with Crippen molar-refractivity contribution >= 4 is 41.8 Å². The van der Waals surface area contributed by atoms with Crippen LogP contribution in [0.3, 0.4) is 0 Å². The van der Waals surface area contributed by atoms with Gasteiger partial charge in [-0.1, -0.05) is 97.8 Å². The summed E-state index contributed by atoms with van der Waals surface area (Å²) in [6.45, 7) is 22.5. The molecule has 0 N–H and O–H groups in total. The molecule has 0 saturated heterocycles. The topological polar surface area (TPSA) is 0 Å². The minimum absolute atomic E-state index is 0.0340. The summed E-state index contributed by atoms with van der Waals surface area (Å²) in [6.07, 6.45) is 12.8. The van der Waals surface area contributed by atoms with Gasteiger partial charge in [-0.3, -0.25) is 12.2 Å². The van der Waals surface area contributed by atoms with Crippen LogP contribution in [0.2, 0.25) is 10.0 Å². The first-order valence-corrected chi connectivity index (χ1v) is 22.0. The van der Waals surface area contributed by atoms with Gasteiger partial charge in [-0.15, -0.1) is 11.6 Å². The molecule has 4 aromatic carbocycles. The number of hydrogen-bond acceptors (Lipinski definition) is 0. The third-order valence-corrected chi connectivity index (χ3v) is 13.6. The molecule has 8 rings (SSSR count). The molecule has 0 radical (unpaired) electrons. The second-order valence-corrected chi connectivity index (χ2v) is 19.2. The predicted molar refractivity (Wildman–Crippen MR) is 224 cm³/mol. The summed E-state index contributed by atoms with van der Waals surface area (Å²) >= 11 is 11.0. The minimum atomic E-state index is -0.623. The fourth-order valence-electron chi connectivity index (χ4n) is 8.11. The number of benzene rings is 4. The van der Waals surface area contributed by atoms with Crippen molar-refractivity contribution in [2.45, 2.75) is 86.5 Å². The van der Waals surface area contributed by atoms with E-state index >= 15 is 0 Å². The molecule has 0 bridgehead atoms. The summed E-state index contributed by atoms with van der Waals surface area (Å²) in [5.41, 5.74) is 19.9. The summed E-state index contributed by atoms with van der Waals surface area (Å²) < 4.78 is 4.66. The summed E-state index contributed by atoms with van der Waals surface area (Å²) in [6, 6.07) is 25.7. The van der Waals surface area contributed by atoms with Crippen molar-refractivity contribution in [3.05, 3.63) is 163 Å². The van der Waals surface area contributed by atoms with Crippen molar-refractivity contribution in [1.82, 2.24) is 0 Å². The van der Waals surface area contributed by atoms with E-state index in [1.54, 1.807) is 0 Å². The molecule has 0 aromatic heterocycles. The predicted octanol–water partition coefficient (Wildman–Crippen LogP) is 13.5. The molecule has 52 heavy (non-hydrogen) atoms. The van der Waals surface area contributed by atoms with Gasteiger partial charge in [-0.25, -0.2) is 11.1 Å². The Morgan fingerprint density at radius 2 is 1.23 bits per heavy atom. The number of halogens is 2. The van der Waals surface area contributed by atoms with Crippen LogP contribution < -0.4 is 0 Å². The third kappa shape index (κ3) is 8.39. The Labute approximate surface area is 333 Å². The van der Waals surface area contributed by atoms with E-state index in [0.717, 1.165) is 16.5 Å². The normalized spacial score (nSPS) is 17.8. The molecule has 0 saturated carbocycles. The number of fused-ring (bicyclic) bond motifs is 5. The van der Waals surface area contributed by atoms with Crippen molar-refractivity contribution in [1.29, 1.82) is 0 Å². The average Bonchev–Trinajstić information content (AvgIpc) is 3.75. The van der Waals surface area contributed by atoms with E-state index in [0.29, 0.717) is 11.8 Å². The molecule has 1 atom stereocenters. The Balaban J connectivity index is 0.000000149. The fourth-order valence-corrected chi connectivity index (χ4v) is 10.5. The van der Waals surface area contributed by atoms with Gasteiger partial charge < -0.3 is 0 Å². The Hall–Kier alpha value is -2.96. The molecule has 0 spiro atoms. The average molecular weight is 801 g/mol. The molecule has 0 nitrogen and oxygen atoms in total. The van der Waals surface area contributed by atoms with Crippen LogP contribution in [-0.2, 0) is 39.5 Å². The van der Waals surface area contributed by atoms with Crippen molar-refractivity contribution in [2.75, 3.05) is 0 Å². The van der Waals surface area contributed by atoms with Crippen LogP contribution in [0.15, 0.2) is 96.1 Å². The van der Waals surface area contributed by atoms with Gasteiger partial charge in [0.25, 0.3) is 0 Å². The third-order valence-electron chi connectivity index (χ3n) is 10.6. The molecular weight excluding hydrogens is 751 g/mol. The van der Waals surface area contributed by atoms with Crippen LogP contribution in [0.25, 0.3) is 22.3 Å². The van der Waals surface area contributed by atoms with Gasteiger partial charge in [0.1, 0.15) is 0 Å². The zero-order valence-electron chi connectivity index (χ0n) is 32.4. The summed E-state index contributed by atoms with van der Waals surface area (Å²) in [5.74, 6) is 1.20. The van der Waals surface area contributed by atoms with Gasteiger partial charge in [0.2, 0.25) is 0 Å². The maximum atomic E-state index is 5.84. The van der Waals surface area contributed by atoms with Crippen LogP contribution >= 0.6 is 23.2 Å². The number of hydrogen-bond donors (Lipinski definition) is 0. The molecule has 0 aliphatic heterocycles. The fraction of sp³-hybridized carbons (Fsp3) is 0.306. The zero-order valence-corrected chi connectivity index (χ0v) is 36.3. The van der Waals surface area contributed by atoms with E-state index in [4.69, 9.17) is 23.2 Å². The van der Waals surface area contributed by atoms with Crippen molar-refractivity contribution in [2.24, 2.45) is 11.8 Å². The van der Waals surface area contributed by atoms with Gasteiger partial charge in [-0.05, 0) is 58.4 Å². The Bertz CT molecular complexity index is 2080. The van der Waals surface area contributed by atoms with Gasteiger partial charge in [0.15, 0.2) is 0 Å². The van der Waals surface area contributed by atoms with Crippen LogP contribution in [0.4, 0.5) is 0 Å². The first-order valence-electron chi connectivity index (χ1n) is 18.5. The van der Waals surface area contributed by atoms with Gasteiger partial charge in [0.05, 0.1) is 0 Å². The Kier molecular flexibility index (Phi) is 11.5. The quantitative estimate of drug-likeness (QED) is 0.159. The number of rotatable bonds is 3. The maximum absolute atomic E-state index is 5.84. The van der Waals surface area contributed by atoms with E-state index in [1.165, 1.54) is 77.9 Å². The Morgan fingerprint density at radius 3 is 1.71 bits per heavy atom. The monoisotopic (exact) mass is 798 g/mol. The van der Waals surface area contributed by atoms with Gasteiger partial charge in [0, 0.05) is 5.41 Å². The first-order chi connectivity index (χ1) is 24.5. The second-order valence-electron chi connectivity index (χ2n) is 16.1. The molecule has 0 fully saturated rings. The van der Waals surface area contributed by atoms with Crippen LogP contribution in [0, 0.1) is 24.0 Å². The zero-order chi connectivity index (χ0) is 37.5. The van der Waals surface area contributed by atoms with Gasteiger partial charge >= 0.3 is 123 Å². The molecule has 4 aromatic rings. The van der Waals surface area contributed by atoms with E-state index in [1.807, 2.05) is 24.3 Å². The standard InChI is InChI=1S/C25H25.C10H15.2C7H5Cl.Zr/c1-14-12-24(3,4)22-8-16-7-17-9-23-19(15(2)13-25(23,5)6)11-21(17)20(16)10-18(14)22;1-7(2)10-6-8(3)5-9(10)4;2*1-6-2-4-7(8)5-3-6;/h8-12H,7H2,1-6H3;6-8H,1-4H3;2*1-5H;/q2*-1;;;. The molecule has 0 heterocycles. The first kappa shape index (κ1) is 38.8. The van der Waals surface area contributed by atoms with Crippen LogP contribution in [-0.4, -0.2) is 7.42 Å².